The van der Waals surface area contributed by atoms with Crippen molar-refractivity contribution in [2.24, 2.45) is 0 Å². The number of hydrogen-bond donors (Lipinski definition) is 2. The molecule has 0 saturated carbocycles. The Balaban J connectivity index is 1.90. The summed E-state index contributed by atoms with van der Waals surface area (Å²) < 4.78 is 43.5. The Labute approximate surface area is 160 Å². The first-order valence-electron chi connectivity index (χ1n) is 8.29. The van der Waals surface area contributed by atoms with E-state index in [2.05, 4.69) is 10.6 Å². The highest BCUT2D eigenvalue weighted by Gasteiger charge is 2.30. The highest BCUT2D eigenvalue weighted by Crippen LogP contribution is 2.29. The zero-order chi connectivity index (χ0) is 20.7. The summed E-state index contributed by atoms with van der Waals surface area (Å²) in [4.78, 5) is 24.9. The number of ether oxygens (including phenoxy) is 1. The molecule has 28 heavy (non-hydrogen) atoms. The molecule has 0 saturated heterocycles. The van der Waals surface area contributed by atoms with E-state index in [9.17, 15) is 22.8 Å². The van der Waals surface area contributed by atoms with Gasteiger partial charge in [-0.25, -0.2) is 4.79 Å². The van der Waals surface area contributed by atoms with Crippen molar-refractivity contribution in [1.82, 2.24) is 10.2 Å². The number of rotatable bonds is 6. The highest BCUT2D eigenvalue weighted by molar-refractivity contribution is 5.89. The number of carbonyl (C=O) groups is 2. The molecule has 150 valence electrons. The van der Waals surface area contributed by atoms with Gasteiger partial charge in [0.1, 0.15) is 5.75 Å². The van der Waals surface area contributed by atoms with Crippen LogP contribution in [0.4, 0.5) is 23.7 Å². The molecule has 2 N–H and O–H groups in total. The van der Waals surface area contributed by atoms with Gasteiger partial charge in [0.2, 0.25) is 0 Å². The first-order valence-corrected chi connectivity index (χ1v) is 8.29. The van der Waals surface area contributed by atoms with E-state index in [1.807, 2.05) is 0 Å². The van der Waals surface area contributed by atoms with Crippen LogP contribution in [0.1, 0.15) is 11.1 Å². The lowest BCUT2D eigenvalue weighted by Gasteiger charge is -2.13. The minimum Gasteiger partial charge on any atom is -0.484 e. The molecule has 9 heteroatoms. The van der Waals surface area contributed by atoms with Crippen LogP contribution in [0.15, 0.2) is 48.5 Å². The molecule has 0 atom stereocenters. The monoisotopic (exact) mass is 395 g/mol. The molecule has 0 spiro atoms. The van der Waals surface area contributed by atoms with E-state index in [0.717, 1.165) is 12.1 Å². The summed E-state index contributed by atoms with van der Waals surface area (Å²) in [5.41, 5.74) is -0.0371. The van der Waals surface area contributed by atoms with Crippen LogP contribution in [-0.4, -0.2) is 37.5 Å². The average molecular weight is 395 g/mol. The molecule has 0 aliphatic heterocycles. The second-order valence-corrected chi connectivity index (χ2v) is 6.11. The number of nitrogens with zero attached hydrogens (tertiary/aromatic N) is 1. The number of halogens is 3. The quantitative estimate of drug-likeness (QED) is 0.787. The van der Waals surface area contributed by atoms with Crippen molar-refractivity contribution >= 4 is 17.6 Å². The lowest BCUT2D eigenvalue weighted by atomic mass is 10.1. The summed E-state index contributed by atoms with van der Waals surface area (Å²) in [5, 5.41) is 5.05. The number of urea groups is 1. The summed E-state index contributed by atoms with van der Waals surface area (Å²) >= 11 is 0. The van der Waals surface area contributed by atoms with Gasteiger partial charge in [-0.1, -0.05) is 18.2 Å². The van der Waals surface area contributed by atoms with Gasteiger partial charge in [0.25, 0.3) is 5.91 Å². The second kappa shape index (κ2) is 9.12. The van der Waals surface area contributed by atoms with Crippen LogP contribution in [0.5, 0.6) is 5.75 Å². The Kier molecular flexibility index (Phi) is 6.86. The molecule has 0 unspecified atom stereocenters. The summed E-state index contributed by atoms with van der Waals surface area (Å²) in [6, 6.07) is 10.6. The first kappa shape index (κ1) is 21.1. The molecule has 2 aromatic carbocycles. The van der Waals surface area contributed by atoms with E-state index < -0.39 is 17.8 Å². The number of anilines is 1. The largest absolute Gasteiger partial charge is 0.484 e. The van der Waals surface area contributed by atoms with Gasteiger partial charge in [-0.2, -0.15) is 13.2 Å². The van der Waals surface area contributed by atoms with E-state index in [1.54, 1.807) is 32.3 Å². The molecule has 2 rings (SSSR count). The minimum atomic E-state index is -4.44. The maximum atomic E-state index is 12.7. The lowest BCUT2D eigenvalue weighted by Crippen LogP contribution is -2.28. The molecule has 0 aliphatic carbocycles. The van der Waals surface area contributed by atoms with Crippen molar-refractivity contribution < 1.29 is 27.5 Å². The lowest BCUT2D eigenvalue weighted by molar-refractivity contribution is -0.137. The summed E-state index contributed by atoms with van der Waals surface area (Å²) in [7, 11) is 3.22. The molecule has 3 amide bonds. The number of carbonyl (C=O) groups excluding carboxylic acids is 2. The number of amides is 3. The predicted molar refractivity (Wildman–Crippen MR) is 97.9 cm³/mol. The molecular formula is C19H20F3N3O3. The average Bonchev–Trinajstić information content (AvgIpc) is 2.64. The number of nitrogens with one attached hydrogen (secondary N) is 2. The van der Waals surface area contributed by atoms with Gasteiger partial charge < -0.3 is 20.3 Å². The van der Waals surface area contributed by atoms with E-state index in [0.29, 0.717) is 17.0 Å². The third-order valence-corrected chi connectivity index (χ3v) is 3.66. The third kappa shape index (κ3) is 6.49. The Bertz CT molecular complexity index is 838. The Hall–Kier alpha value is -3.23. The molecule has 2 aromatic rings. The third-order valence-electron chi connectivity index (χ3n) is 3.66. The van der Waals surface area contributed by atoms with Gasteiger partial charge in [-0.3, -0.25) is 4.79 Å². The highest BCUT2D eigenvalue weighted by atomic mass is 19.4. The fraction of sp³-hybridized carbons (Fsp3) is 0.263. The van der Waals surface area contributed by atoms with Gasteiger partial charge in [-0.15, -0.1) is 0 Å². The van der Waals surface area contributed by atoms with E-state index in [4.69, 9.17) is 4.74 Å². The van der Waals surface area contributed by atoms with E-state index >= 15 is 0 Å². The summed E-state index contributed by atoms with van der Waals surface area (Å²) in [5.74, 6) is 0.183. The van der Waals surface area contributed by atoms with Gasteiger partial charge in [0, 0.05) is 32.4 Å². The molecule has 6 nitrogen and oxygen atoms in total. The Morgan fingerprint density at radius 2 is 1.79 bits per heavy atom. The van der Waals surface area contributed by atoms with Crippen molar-refractivity contribution in [3.63, 3.8) is 0 Å². The summed E-state index contributed by atoms with van der Waals surface area (Å²) in [6.45, 7) is -0.207. The SMILES string of the molecule is CN(C)C(=O)COc1cccc(NC(=O)NCc2cccc(C(F)(F)F)c2)c1. The maximum Gasteiger partial charge on any atom is 0.416 e. The zero-order valence-electron chi connectivity index (χ0n) is 15.3. The maximum absolute atomic E-state index is 12.7. The van der Waals surface area contributed by atoms with E-state index in [1.165, 1.54) is 23.1 Å². The van der Waals surface area contributed by atoms with E-state index in [-0.39, 0.29) is 19.1 Å². The van der Waals surface area contributed by atoms with Gasteiger partial charge in [0.15, 0.2) is 6.61 Å². The fourth-order valence-corrected chi connectivity index (χ4v) is 2.15. The Morgan fingerprint density at radius 3 is 2.46 bits per heavy atom. The molecule has 0 radical (unpaired) electrons. The smallest absolute Gasteiger partial charge is 0.416 e. The molecule has 0 heterocycles. The standard InChI is InChI=1S/C19H20F3N3O3/c1-25(2)17(26)12-28-16-8-4-7-15(10-16)24-18(27)23-11-13-5-3-6-14(9-13)19(20,21)22/h3-10H,11-12H2,1-2H3,(H2,23,24,27). The molecular weight excluding hydrogens is 375 g/mol. The van der Waals surface area contributed by atoms with Crippen LogP contribution in [0, 0.1) is 0 Å². The normalized spacial score (nSPS) is 10.9. The minimum absolute atomic E-state index is 0.0662. The van der Waals surface area contributed by atoms with Crippen LogP contribution in [0.2, 0.25) is 0 Å². The number of benzene rings is 2. The van der Waals surface area contributed by atoms with Gasteiger partial charge in [0.05, 0.1) is 5.56 Å². The number of hydrogen-bond acceptors (Lipinski definition) is 3. The molecule has 0 bridgehead atoms. The van der Waals surface area contributed by atoms with Crippen LogP contribution in [-0.2, 0) is 17.5 Å². The van der Waals surface area contributed by atoms with Crippen LogP contribution in [0.3, 0.4) is 0 Å². The molecule has 0 aromatic heterocycles. The van der Waals surface area contributed by atoms with Gasteiger partial charge >= 0.3 is 12.2 Å². The molecule has 0 fully saturated rings. The van der Waals surface area contributed by atoms with Crippen molar-refractivity contribution in [2.45, 2.75) is 12.7 Å². The zero-order valence-corrected chi connectivity index (χ0v) is 15.3. The topological polar surface area (TPSA) is 70.7 Å². The van der Waals surface area contributed by atoms with Gasteiger partial charge in [-0.05, 0) is 29.8 Å². The second-order valence-electron chi connectivity index (χ2n) is 6.11. The number of likely N-dealkylation sites (N-methyl/N-ethyl adjacent to an activating group) is 1. The van der Waals surface area contributed by atoms with Crippen LogP contribution >= 0.6 is 0 Å². The Morgan fingerprint density at radius 1 is 1.07 bits per heavy atom. The van der Waals surface area contributed by atoms with Crippen molar-refractivity contribution in [1.29, 1.82) is 0 Å². The van der Waals surface area contributed by atoms with Crippen LogP contribution < -0.4 is 15.4 Å². The van der Waals surface area contributed by atoms with Crippen molar-refractivity contribution in [3.05, 3.63) is 59.7 Å². The van der Waals surface area contributed by atoms with Crippen LogP contribution in [0.25, 0.3) is 0 Å². The van der Waals surface area contributed by atoms with Crippen molar-refractivity contribution in [3.8, 4) is 5.75 Å². The molecule has 0 aliphatic rings. The van der Waals surface area contributed by atoms with Crippen molar-refractivity contribution in [2.75, 3.05) is 26.0 Å². The number of alkyl halides is 3. The summed E-state index contributed by atoms with van der Waals surface area (Å²) in [6.07, 6.45) is -4.44. The first-order chi connectivity index (χ1) is 13.1. The fourth-order valence-electron chi connectivity index (χ4n) is 2.15. The predicted octanol–water partition coefficient (Wildman–Crippen LogP) is 3.49.